The SMILES string of the molecule is CS(=O)(=O)N1CCC[C@@]12CCCN(Cc1ccncc1)C2. The number of hydrogen-bond donors (Lipinski definition) is 0. The van der Waals surface area contributed by atoms with E-state index in [1.807, 2.05) is 24.5 Å². The Morgan fingerprint density at radius 3 is 2.52 bits per heavy atom. The molecule has 2 fully saturated rings. The molecule has 2 aliphatic heterocycles. The Hall–Kier alpha value is -0.980. The average Bonchev–Trinajstić information content (AvgIpc) is 2.83. The van der Waals surface area contributed by atoms with Gasteiger partial charge in [0, 0.05) is 37.6 Å². The van der Waals surface area contributed by atoms with Crippen molar-refractivity contribution in [2.24, 2.45) is 0 Å². The van der Waals surface area contributed by atoms with Crippen molar-refractivity contribution in [1.29, 1.82) is 0 Å². The topological polar surface area (TPSA) is 53.5 Å². The third-order valence-corrected chi connectivity index (χ3v) is 6.09. The molecule has 6 heteroatoms. The summed E-state index contributed by atoms with van der Waals surface area (Å²) in [5.74, 6) is 0. The van der Waals surface area contributed by atoms with Crippen molar-refractivity contribution in [3.63, 3.8) is 0 Å². The summed E-state index contributed by atoms with van der Waals surface area (Å²) in [6.07, 6.45) is 9.01. The minimum absolute atomic E-state index is 0.168. The molecule has 1 aromatic heterocycles. The third kappa shape index (κ3) is 3.12. The van der Waals surface area contributed by atoms with E-state index in [1.54, 1.807) is 4.31 Å². The highest BCUT2D eigenvalue weighted by Crippen LogP contribution is 2.39. The first-order chi connectivity index (χ1) is 10.00. The molecule has 3 heterocycles. The average molecular weight is 309 g/mol. The van der Waals surface area contributed by atoms with Crippen LogP contribution in [0.1, 0.15) is 31.2 Å². The van der Waals surface area contributed by atoms with Gasteiger partial charge in [-0.3, -0.25) is 9.88 Å². The second kappa shape index (κ2) is 5.66. The summed E-state index contributed by atoms with van der Waals surface area (Å²) in [6, 6.07) is 4.06. The van der Waals surface area contributed by atoms with Gasteiger partial charge >= 0.3 is 0 Å². The summed E-state index contributed by atoms with van der Waals surface area (Å²) < 4.78 is 25.9. The van der Waals surface area contributed by atoms with Gasteiger partial charge in [0.25, 0.3) is 0 Å². The van der Waals surface area contributed by atoms with Crippen LogP contribution in [-0.4, -0.2) is 54.0 Å². The molecule has 0 aliphatic carbocycles. The molecule has 0 radical (unpaired) electrons. The van der Waals surface area contributed by atoms with E-state index in [4.69, 9.17) is 0 Å². The van der Waals surface area contributed by atoms with E-state index >= 15 is 0 Å². The Morgan fingerprint density at radius 2 is 1.86 bits per heavy atom. The highest BCUT2D eigenvalue weighted by Gasteiger charge is 2.47. The van der Waals surface area contributed by atoms with Crippen LogP contribution in [0.25, 0.3) is 0 Å². The zero-order chi connectivity index (χ0) is 14.9. The molecule has 0 amide bonds. The molecule has 2 aliphatic rings. The molecular formula is C15H23N3O2S. The lowest BCUT2D eigenvalue weighted by Crippen LogP contribution is -2.56. The van der Waals surface area contributed by atoms with Crippen LogP contribution < -0.4 is 0 Å². The molecule has 0 saturated carbocycles. The van der Waals surface area contributed by atoms with Crippen LogP contribution >= 0.6 is 0 Å². The molecule has 0 aromatic carbocycles. The number of nitrogens with zero attached hydrogens (tertiary/aromatic N) is 3. The maximum Gasteiger partial charge on any atom is 0.211 e. The Balaban J connectivity index is 1.76. The van der Waals surface area contributed by atoms with E-state index in [0.29, 0.717) is 6.54 Å². The van der Waals surface area contributed by atoms with Crippen molar-refractivity contribution >= 4 is 10.0 Å². The van der Waals surface area contributed by atoms with Crippen LogP contribution in [0.15, 0.2) is 24.5 Å². The van der Waals surface area contributed by atoms with Gasteiger partial charge in [-0.1, -0.05) is 0 Å². The minimum Gasteiger partial charge on any atom is -0.297 e. The van der Waals surface area contributed by atoms with E-state index < -0.39 is 10.0 Å². The van der Waals surface area contributed by atoms with Crippen molar-refractivity contribution < 1.29 is 8.42 Å². The molecule has 21 heavy (non-hydrogen) atoms. The largest absolute Gasteiger partial charge is 0.297 e. The van der Waals surface area contributed by atoms with Gasteiger partial charge in [0.15, 0.2) is 0 Å². The van der Waals surface area contributed by atoms with Gasteiger partial charge in [0.2, 0.25) is 10.0 Å². The van der Waals surface area contributed by atoms with E-state index in [2.05, 4.69) is 9.88 Å². The number of rotatable bonds is 3. The smallest absolute Gasteiger partial charge is 0.211 e. The fourth-order valence-corrected chi connectivity index (χ4v) is 5.33. The monoisotopic (exact) mass is 309 g/mol. The van der Waals surface area contributed by atoms with Crippen LogP contribution in [0.4, 0.5) is 0 Å². The first kappa shape index (κ1) is 14.9. The molecule has 3 rings (SSSR count). The first-order valence-corrected chi connectivity index (χ1v) is 9.44. The molecule has 1 spiro atoms. The molecular weight excluding hydrogens is 286 g/mol. The molecule has 116 valence electrons. The lowest BCUT2D eigenvalue weighted by atomic mass is 9.87. The summed E-state index contributed by atoms with van der Waals surface area (Å²) in [4.78, 5) is 6.44. The van der Waals surface area contributed by atoms with E-state index in [9.17, 15) is 8.42 Å². The van der Waals surface area contributed by atoms with Crippen LogP contribution in [0.3, 0.4) is 0 Å². The van der Waals surface area contributed by atoms with Crippen molar-refractivity contribution in [3.8, 4) is 0 Å². The van der Waals surface area contributed by atoms with Gasteiger partial charge in [-0.05, 0) is 49.9 Å². The fourth-order valence-electron chi connectivity index (χ4n) is 3.93. The van der Waals surface area contributed by atoms with Crippen LogP contribution in [0.5, 0.6) is 0 Å². The van der Waals surface area contributed by atoms with Crippen LogP contribution in [0.2, 0.25) is 0 Å². The maximum absolute atomic E-state index is 12.1. The Morgan fingerprint density at radius 1 is 1.19 bits per heavy atom. The van der Waals surface area contributed by atoms with Crippen molar-refractivity contribution in [3.05, 3.63) is 30.1 Å². The zero-order valence-corrected chi connectivity index (χ0v) is 13.3. The molecule has 0 N–H and O–H groups in total. The second-order valence-electron chi connectivity index (χ2n) is 6.33. The first-order valence-electron chi connectivity index (χ1n) is 7.59. The fraction of sp³-hybridized carbons (Fsp3) is 0.667. The number of piperidine rings is 1. The van der Waals surface area contributed by atoms with Crippen LogP contribution in [0, 0.1) is 0 Å². The second-order valence-corrected chi connectivity index (χ2v) is 8.24. The molecule has 1 atom stereocenters. The van der Waals surface area contributed by atoms with Crippen molar-refractivity contribution in [2.75, 3.05) is 25.9 Å². The number of pyridine rings is 1. The van der Waals surface area contributed by atoms with Crippen molar-refractivity contribution in [2.45, 2.75) is 37.8 Å². The summed E-state index contributed by atoms with van der Waals surface area (Å²) in [6.45, 7) is 3.45. The van der Waals surface area contributed by atoms with E-state index in [0.717, 1.165) is 45.3 Å². The summed E-state index contributed by atoms with van der Waals surface area (Å²) in [5.41, 5.74) is 1.07. The number of sulfonamides is 1. The van der Waals surface area contributed by atoms with E-state index in [1.165, 1.54) is 11.8 Å². The van der Waals surface area contributed by atoms with Gasteiger partial charge in [-0.2, -0.15) is 4.31 Å². The van der Waals surface area contributed by atoms with E-state index in [-0.39, 0.29) is 5.54 Å². The maximum atomic E-state index is 12.1. The van der Waals surface area contributed by atoms with Gasteiger partial charge in [0.1, 0.15) is 0 Å². The third-order valence-electron chi connectivity index (χ3n) is 4.72. The summed E-state index contributed by atoms with van der Waals surface area (Å²) >= 11 is 0. The zero-order valence-electron chi connectivity index (χ0n) is 12.5. The van der Waals surface area contributed by atoms with Gasteiger partial charge in [-0.25, -0.2) is 8.42 Å². The lowest BCUT2D eigenvalue weighted by Gasteiger charge is -2.45. The highest BCUT2D eigenvalue weighted by atomic mass is 32.2. The molecule has 5 nitrogen and oxygen atoms in total. The molecule has 0 bridgehead atoms. The van der Waals surface area contributed by atoms with Gasteiger partial charge in [-0.15, -0.1) is 0 Å². The van der Waals surface area contributed by atoms with Crippen molar-refractivity contribution in [1.82, 2.24) is 14.2 Å². The lowest BCUT2D eigenvalue weighted by molar-refractivity contribution is 0.0841. The molecule has 0 unspecified atom stereocenters. The van der Waals surface area contributed by atoms with Gasteiger partial charge < -0.3 is 0 Å². The Kier molecular flexibility index (Phi) is 4.03. The number of likely N-dealkylation sites (tertiary alicyclic amines) is 1. The Labute approximate surface area is 127 Å². The normalized spacial score (nSPS) is 28.2. The summed E-state index contributed by atoms with van der Waals surface area (Å²) in [7, 11) is -3.11. The van der Waals surface area contributed by atoms with Crippen LogP contribution in [-0.2, 0) is 16.6 Å². The summed E-state index contributed by atoms with van der Waals surface area (Å²) in [5, 5.41) is 0. The minimum atomic E-state index is -3.11. The number of aromatic nitrogens is 1. The Bertz CT molecular complexity index is 590. The number of hydrogen-bond acceptors (Lipinski definition) is 4. The highest BCUT2D eigenvalue weighted by molar-refractivity contribution is 7.88. The standard InChI is InChI=1S/C15H23N3O2S/c1-21(19,20)18-11-3-7-15(18)6-2-10-17(13-15)12-14-4-8-16-9-5-14/h4-5,8-9H,2-3,6-7,10-13H2,1H3/t15-/m1/s1. The molecule has 2 saturated heterocycles. The van der Waals surface area contributed by atoms with Gasteiger partial charge in [0.05, 0.1) is 6.26 Å². The predicted octanol–water partition coefficient (Wildman–Crippen LogP) is 1.47. The predicted molar refractivity (Wildman–Crippen MR) is 82.3 cm³/mol. The molecule has 1 aromatic rings. The quantitative estimate of drug-likeness (QED) is 0.848.